The fourth-order valence-corrected chi connectivity index (χ4v) is 4.25. The Morgan fingerprint density at radius 2 is 1.92 bits per heavy atom. The molecule has 0 radical (unpaired) electrons. The average Bonchev–Trinajstić information content (AvgIpc) is 3.19. The van der Waals surface area contributed by atoms with Gasteiger partial charge in [-0.3, -0.25) is 24.5 Å². The molecule has 2 atom stereocenters. The van der Waals surface area contributed by atoms with Crippen LogP contribution < -0.4 is 15.4 Å². The number of alkyl halides is 3. The highest BCUT2D eigenvalue weighted by molar-refractivity contribution is 6.05. The number of imide groups is 1. The minimum absolute atomic E-state index is 0.0843. The van der Waals surface area contributed by atoms with E-state index >= 15 is 0 Å². The molecule has 3 heterocycles. The van der Waals surface area contributed by atoms with Crippen molar-refractivity contribution in [1.82, 2.24) is 20.4 Å². The average molecular weight is 528 g/mol. The SMILES string of the molecule is CCC1CN(C(=O)COc2cccc3c2CN(C2CCC(=O)NC2=O)C3=O)CCN1.O=C(O)C(F)(F)F. The summed E-state index contributed by atoms with van der Waals surface area (Å²) in [6.45, 7) is 4.28. The van der Waals surface area contributed by atoms with Gasteiger partial charge in [0.25, 0.3) is 11.8 Å². The number of carbonyl (C=O) groups excluding carboxylic acids is 4. The lowest BCUT2D eigenvalue weighted by molar-refractivity contribution is -0.192. The number of piperidine rings is 1. The summed E-state index contributed by atoms with van der Waals surface area (Å²) in [5.41, 5.74) is 1.14. The molecule has 3 N–H and O–H groups in total. The first kappa shape index (κ1) is 27.9. The largest absolute Gasteiger partial charge is 0.490 e. The molecule has 3 aliphatic rings. The number of piperazine rings is 1. The zero-order valence-corrected chi connectivity index (χ0v) is 20.0. The number of ether oxygens (including phenoxy) is 1. The Morgan fingerprint density at radius 3 is 2.54 bits per heavy atom. The Labute approximate surface area is 209 Å². The second-order valence-corrected chi connectivity index (χ2v) is 8.67. The molecule has 1 aromatic rings. The predicted octanol–water partition coefficient (Wildman–Crippen LogP) is 0.670. The monoisotopic (exact) mass is 528 g/mol. The number of nitrogens with zero attached hydrogens (tertiary/aromatic N) is 2. The summed E-state index contributed by atoms with van der Waals surface area (Å²) >= 11 is 0. The maximum atomic E-state index is 12.9. The minimum atomic E-state index is -5.08. The van der Waals surface area contributed by atoms with E-state index in [9.17, 15) is 32.3 Å². The molecule has 3 aliphatic heterocycles. The van der Waals surface area contributed by atoms with Crippen molar-refractivity contribution in [2.24, 2.45) is 0 Å². The van der Waals surface area contributed by atoms with Crippen LogP contribution in [-0.2, 0) is 25.7 Å². The normalized spacial score (nSPS) is 21.6. The minimum Gasteiger partial charge on any atom is -0.483 e. The molecule has 0 bridgehead atoms. The first-order chi connectivity index (χ1) is 17.4. The van der Waals surface area contributed by atoms with Gasteiger partial charge in [0.1, 0.15) is 11.8 Å². The number of amides is 4. The maximum absolute atomic E-state index is 12.9. The van der Waals surface area contributed by atoms with Crippen LogP contribution >= 0.6 is 0 Å². The number of rotatable bonds is 5. The van der Waals surface area contributed by atoms with Gasteiger partial charge in [-0.1, -0.05) is 13.0 Å². The van der Waals surface area contributed by atoms with Gasteiger partial charge in [-0.25, -0.2) is 4.79 Å². The van der Waals surface area contributed by atoms with E-state index in [4.69, 9.17) is 14.6 Å². The quantitative estimate of drug-likeness (QED) is 0.473. The third-order valence-electron chi connectivity index (χ3n) is 6.23. The van der Waals surface area contributed by atoms with Gasteiger partial charge in [-0.15, -0.1) is 0 Å². The number of halogens is 3. The van der Waals surface area contributed by atoms with E-state index in [1.165, 1.54) is 4.90 Å². The Bertz CT molecular complexity index is 1080. The third-order valence-corrected chi connectivity index (χ3v) is 6.23. The predicted molar refractivity (Wildman–Crippen MR) is 120 cm³/mol. The molecular weight excluding hydrogens is 501 g/mol. The standard InChI is InChI=1S/C21H26N4O5.C2HF3O2/c1-2-13-10-24(9-8-22-13)19(27)12-30-17-5-3-4-14-15(17)11-25(21(14)29)16-6-7-18(26)23-20(16)28;3-2(4,5)1(6)7/h3-5,13,16,22H,2,6-12H2,1H3,(H,23,26,28);(H,6,7). The van der Waals surface area contributed by atoms with Gasteiger partial charge in [0.05, 0.1) is 6.54 Å². The van der Waals surface area contributed by atoms with Crippen LogP contribution in [0.3, 0.4) is 0 Å². The van der Waals surface area contributed by atoms with E-state index in [0.29, 0.717) is 42.4 Å². The number of fused-ring (bicyclic) bond motifs is 1. The molecule has 2 saturated heterocycles. The van der Waals surface area contributed by atoms with Gasteiger partial charge in [-0.2, -0.15) is 13.2 Å². The van der Waals surface area contributed by atoms with Crippen LogP contribution in [0.15, 0.2) is 18.2 Å². The molecule has 37 heavy (non-hydrogen) atoms. The van der Waals surface area contributed by atoms with E-state index in [2.05, 4.69) is 17.6 Å². The van der Waals surface area contributed by atoms with E-state index in [-0.39, 0.29) is 37.3 Å². The first-order valence-electron chi connectivity index (χ1n) is 11.6. The van der Waals surface area contributed by atoms with Crippen LogP contribution in [0.1, 0.15) is 42.1 Å². The number of carboxylic acids is 1. The lowest BCUT2D eigenvalue weighted by Crippen LogP contribution is -2.53. The van der Waals surface area contributed by atoms with Gasteiger partial charge >= 0.3 is 12.1 Å². The number of benzene rings is 1. The molecule has 2 fully saturated rings. The summed E-state index contributed by atoms with van der Waals surface area (Å²) < 4.78 is 37.6. The van der Waals surface area contributed by atoms with Crippen LogP contribution in [0, 0.1) is 0 Å². The first-order valence-corrected chi connectivity index (χ1v) is 11.6. The highest BCUT2D eigenvalue weighted by atomic mass is 19.4. The van der Waals surface area contributed by atoms with Gasteiger partial charge in [0, 0.05) is 43.2 Å². The smallest absolute Gasteiger partial charge is 0.483 e. The van der Waals surface area contributed by atoms with Gasteiger partial charge in [-0.05, 0) is 25.0 Å². The van der Waals surface area contributed by atoms with Crippen molar-refractivity contribution in [1.29, 1.82) is 0 Å². The molecule has 0 aromatic heterocycles. The summed E-state index contributed by atoms with van der Waals surface area (Å²) in [6, 6.07) is 4.76. The lowest BCUT2D eigenvalue weighted by Gasteiger charge is -2.33. The van der Waals surface area contributed by atoms with Crippen LogP contribution in [0.4, 0.5) is 13.2 Å². The van der Waals surface area contributed by atoms with E-state index in [0.717, 1.165) is 13.0 Å². The number of nitrogens with one attached hydrogen (secondary N) is 2. The van der Waals surface area contributed by atoms with Crippen molar-refractivity contribution in [3.8, 4) is 5.75 Å². The summed E-state index contributed by atoms with van der Waals surface area (Å²) in [7, 11) is 0. The fraction of sp³-hybridized carbons (Fsp3) is 0.522. The molecule has 4 amide bonds. The summed E-state index contributed by atoms with van der Waals surface area (Å²) in [5.74, 6) is -3.39. The molecule has 0 spiro atoms. The van der Waals surface area contributed by atoms with Crippen molar-refractivity contribution in [2.45, 2.75) is 51.0 Å². The Balaban J connectivity index is 0.000000479. The lowest BCUT2D eigenvalue weighted by atomic mass is 10.0. The summed E-state index contributed by atoms with van der Waals surface area (Å²) in [4.78, 5) is 61.2. The molecule has 1 aromatic carbocycles. The van der Waals surface area contributed by atoms with Gasteiger partial charge < -0.3 is 25.0 Å². The second-order valence-electron chi connectivity index (χ2n) is 8.67. The summed E-state index contributed by atoms with van der Waals surface area (Å²) in [5, 5.41) is 12.8. The second kappa shape index (κ2) is 11.6. The van der Waals surface area contributed by atoms with Crippen molar-refractivity contribution in [3.63, 3.8) is 0 Å². The highest BCUT2D eigenvalue weighted by Crippen LogP contribution is 2.33. The molecular formula is C23H27F3N4O7. The highest BCUT2D eigenvalue weighted by Gasteiger charge is 2.40. The Morgan fingerprint density at radius 1 is 1.22 bits per heavy atom. The van der Waals surface area contributed by atoms with Crippen LogP contribution in [0.25, 0.3) is 0 Å². The number of carbonyl (C=O) groups is 5. The fourth-order valence-electron chi connectivity index (χ4n) is 4.25. The van der Waals surface area contributed by atoms with Gasteiger partial charge in [0.2, 0.25) is 11.8 Å². The van der Waals surface area contributed by atoms with E-state index in [1.54, 1.807) is 23.1 Å². The Kier molecular flexibility index (Phi) is 8.73. The van der Waals surface area contributed by atoms with E-state index in [1.807, 2.05) is 0 Å². The Hall–Kier alpha value is -3.68. The summed E-state index contributed by atoms with van der Waals surface area (Å²) in [6.07, 6.45) is -3.62. The molecule has 202 valence electrons. The zero-order valence-electron chi connectivity index (χ0n) is 20.0. The van der Waals surface area contributed by atoms with E-state index < -0.39 is 24.1 Å². The van der Waals surface area contributed by atoms with Crippen molar-refractivity contribution < 1.29 is 47.0 Å². The number of carboxylic acid groups (broad SMARTS) is 1. The topological polar surface area (TPSA) is 145 Å². The molecule has 0 aliphatic carbocycles. The maximum Gasteiger partial charge on any atom is 0.490 e. The van der Waals surface area contributed by atoms with Crippen molar-refractivity contribution in [2.75, 3.05) is 26.2 Å². The number of hydrogen-bond donors (Lipinski definition) is 3. The van der Waals surface area contributed by atoms with Crippen LogP contribution in [-0.4, -0.2) is 89.0 Å². The number of hydrogen-bond acceptors (Lipinski definition) is 7. The van der Waals surface area contributed by atoms with Crippen LogP contribution in [0.2, 0.25) is 0 Å². The molecule has 0 saturated carbocycles. The van der Waals surface area contributed by atoms with Crippen molar-refractivity contribution >= 4 is 29.6 Å². The molecule has 14 heteroatoms. The zero-order chi connectivity index (χ0) is 27.3. The molecule has 2 unspecified atom stereocenters. The van der Waals surface area contributed by atoms with Crippen molar-refractivity contribution in [3.05, 3.63) is 29.3 Å². The number of aliphatic carboxylic acids is 1. The third kappa shape index (κ3) is 6.76. The van der Waals surface area contributed by atoms with Crippen LogP contribution in [0.5, 0.6) is 5.75 Å². The molecule has 11 nitrogen and oxygen atoms in total. The van der Waals surface area contributed by atoms with Gasteiger partial charge in [0.15, 0.2) is 6.61 Å². The molecule has 4 rings (SSSR count).